The third-order valence-corrected chi connectivity index (χ3v) is 7.48. The molecule has 2 aromatic rings. The molecule has 2 amide bonds. The van der Waals surface area contributed by atoms with Gasteiger partial charge in [-0.2, -0.15) is 0 Å². The second-order valence-corrected chi connectivity index (χ2v) is 11.2. The molecule has 11 heteroatoms. The first kappa shape index (κ1) is 29.4. The van der Waals surface area contributed by atoms with Crippen LogP contribution in [0.4, 0.5) is 5.82 Å². The van der Waals surface area contributed by atoms with Crippen molar-refractivity contribution in [2.75, 3.05) is 25.0 Å². The Balaban J connectivity index is 1.19. The van der Waals surface area contributed by atoms with E-state index in [0.29, 0.717) is 18.8 Å². The first-order valence-electron chi connectivity index (χ1n) is 14.2. The summed E-state index contributed by atoms with van der Waals surface area (Å²) in [6, 6.07) is 10.2. The van der Waals surface area contributed by atoms with Gasteiger partial charge >= 0.3 is 0 Å². The molecule has 0 saturated heterocycles. The Hall–Kier alpha value is -3.57. The average molecular weight is 552 g/mol. The lowest BCUT2D eigenvalue weighted by Gasteiger charge is -2.30. The molecule has 2 heterocycles. The highest BCUT2D eigenvalue weighted by molar-refractivity contribution is 6.38. The monoisotopic (exact) mass is 551 g/mol. The molecule has 1 aromatic heterocycles. The van der Waals surface area contributed by atoms with Gasteiger partial charge < -0.3 is 26.3 Å². The molecule has 40 heavy (non-hydrogen) atoms. The molecular weight excluding hydrogens is 510 g/mol. The highest BCUT2D eigenvalue weighted by Gasteiger charge is 2.25. The zero-order valence-electron chi connectivity index (χ0n) is 23.3. The van der Waals surface area contributed by atoms with E-state index in [1.54, 1.807) is 6.07 Å². The van der Waals surface area contributed by atoms with Gasteiger partial charge in [0.15, 0.2) is 0 Å². The zero-order valence-corrected chi connectivity index (χ0v) is 23.3. The maximum Gasteiger partial charge on any atom is 0.270 e. The van der Waals surface area contributed by atoms with Crippen molar-refractivity contribution in [3.8, 4) is 0 Å². The molecule has 0 spiro atoms. The van der Waals surface area contributed by atoms with Crippen LogP contribution >= 0.6 is 0 Å². The van der Waals surface area contributed by atoms with Gasteiger partial charge in [0.25, 0.3) is 11.8 Å². The van der Waals surface area contributed by atoms with Crippen LogP contribution < -0.4 is 16.0 Å². The van der Waals surface area contributed by atoms with E-state index < -0.39 is 6.10 Å². The SMILES string of the molecule is CC(C)C/C(=N/O)C(=O)NC1CCC(Nc2cc(C(=O)NC[C@H](O)CN3CCc4ccccc4C3)ncn2)CC1. The van der Waals surface area contributed by atoms with E-state index in [-0.39, 0.29) is 47.8 Å². The van der Waals surface area contributed by atoms with Crippen LogP contribution in [0.5, 0.6) is 0 Å². The number of hydrogen-bond donors (Lipinski definition) is 5. The first-order chi connectivity index (χ1) is 19.3. The highest BCUT2D eigenvalue weighted by Crippen LogP contribution is 2.22. The van der Waals surface area contributed by atoms with Gasteiger partial charge in [0.1, 0.15) is 23.6 Å². The molecule has 2 aliphatic rings. The van der Waals surface area contributed by atoms with Crippen LogP contribution in [0.3, 0.4) is 0 Å². The molecule has 11 nitrogen and oxygen atoms in total. The van der Waals surface area contributed by atoms with Crippen molar-refractivity contribution in [2.24, 2.45) is 11.1 Å². The Labute approximate surface area is 235 Å². The fourth-order valence-corrected chi connectivity index (χ4v) is 5.36. The predicted molar refractivity (Wildman–Crippen MR) is 152 cm³/mol. The van der Waals surface area contributed by atoms with Gasteiger partial charge in [0.05, 0.1) is 6.10 Å². The molecule has 216 valence electrons. The fourth-order valence-electron chi connectivity index (χ4n) is 5.36. The molecular formula is C29H41N7O4. The molecule has 1 fully saturated rings. The summed E-state index contributed by atoms with van der Waals surface area (Å²) >= 11 is 0. The molecule has 5 N–H and O–H groups in total. The Kier molecular flexibility index (Phi) is 10.4. The number of nitrogens with one attached hydrogen (secondary N) is 3. The highest BCUT2D eigenvalue weighted by atomic mass is 16.4. The third kappa shape index (κ3) is 8.46. The smallest absolute Gasteiger partial charge is 0.270 e. The van der Waals surface area contributed by atoms with Crippen LogP contribution in [0.25, 0.3) is 0 Å². The van der Waals surface area contributed by atoms with Crippen molar-refractivity contribution in [3.63, 3.8) is 0 Å². The molecule has 1 aliphatic heterocycles. The number of aromatic nitrogens is 2. The van der Waals surface area contributed by atoms with Gasteiger partial charge in [-0.15, -0.1) is 0 Å². The minimum atomic E-state index is -0.686. The molecule has 1 aliphatic carbocycles. The predicted octanol–water partition coefficient (Wildman–Crippen LogP) is 2.34. The van der Waals surface area contributed by atoms with E-state index in [9.17, 15) is 14.7 Å². The quantitative estimate of drug-likeness (QED) is 0.162. The van der Waals surface area contributed by atoms with Crippen LogP contribution in [0.1, 0.15) is 67.6 Å². The van der Waals surface area contributed by atoms with E-state index in [4.69, 9.17) is 5.21 Å². The van der Waals surface area contributed by atoms with Gasteiger partial charge in [-0.05, 0) is 49.1 Å². The normalized spacial score (nSPS) is 20.4. The lowest BCUT2D eigenvalue weighted by molar-refractivity contribution is -0.116. The van der Waals surface area contributed by atoms with Crippen molar-refractivity contribution in [2.45, 2.75) is 77.1 Å². The fraction of sp³-hybridized carbons (Fsp3) is 0.552. The van der Waals surface area contributed by atoms with E-state index in [0.717, 1.165) is 45.2 Å². The topological polar surface area (TPSA) is 152 Å². The minimum absolute atomic E-state index is 0.0207. The number of amides is 2. The lowest BCUT2D eigenvalue weighted by Crippen LogP contribution is -2.43. The number of anilines is 1. The Morgan fingerprint density at radius 3 is 2.55 bits per heavy atom. The molecule has 0 bridgehead atoms. The summed E-state index contributed by atoms with van der Waals surface area (Å²) < 4.78 is 0. The van der Waals surface area contributed by atoms with Crippen molar-refractivity contribution in [3.05, 3.63) is 53.5 Å². The van der Waals surface area contributed by atoms with Crippen LogP contribution in [0, 0.1) is 5.92 Å². The maximum atomic E-state index is 12.7. The summed E-state index contributed by atoms with van der Waals surface area (Å²) in [5.41, 5.74) is 3.04. The van der Waals surface area contributed by atoms with Crippen molar-refractivity contribution >= 4 is 23.3 Å². The third-order valence-electron chi connectivity index (χ3n) is 7.48. The molecule has 0 radical (unpaired) electrons. The zero-order chi connectivity index (χ0) is 28.5. The lowest BCUT2D eigenvalue weighted by atomic mass is 9.91. The van der Waals surface area contributed by atoms with E-state index in [1.807, 2.05) is 19.9 Å². The minimum Gasteiger partial charge on any atom is -0.410 e. The van der Waals surface area contributed by atoms with Crippen molar-refractivity contribution in [1.82, 2.24) is 25.5 Å². The summed E-state index contributed by atoms with van der Waals surface area (Å²) in [6.45, 7) is 6.24. The van der Waals surface area contributed by atoms with Gasteiger partial charge in [0.2, 0.25) is 0 Å². The largest absolute Gasteiger partial charge is 0.410 e. The number of aliphatic hydroxyl groups excluding tert-OH is 1. The summed E-state index contributed by atoms with van der Waals surface area (Å²) in [5, 5.41) is 32.0. The molecule has 0 unspecified atom stereocenters. The number of carbonyl (C=O) groups is 2. The number of aliphatic hydroxyl groups is 1. The number of rotatable bonds is 11. The van der Waals surface area contributed by atoms with Gasteiger partial charge in [0, 0.05) is 50.7 Å². The summed E-state index contributed by atoms with van der Waals surface area (Å²) in [4.78, 5) is 35.7. The maximum absolute atomic E-state index is 12.7. The summed E-state index contributed by atoms with van der Waals surface area (Å²) in [7, 11) is 0. The Morgan fingerprint density at radius 1 is 1.10 bits per heavy atom. The number of nitrogens with zero attached hydrogens (tertiary/aromatic N) is 4. The van der Waals surface area contributed by atoms with E-state index in [2.05, 4.69) is 54.2 Å². The van der Waals surface area contributed by atoms with Crippen LogP contribution in [-0.4, -0.2) is 80.5 Å². The van der Waals surface area contributed by atoms with Gasteiger partial charge in [-0.3, -0.25) is 14.5 Å². The van der Waals surface area contributed by atoms with Crippen molar-refractivity contribution in [1.29, 1.82) is 0 Å². The first-order valence-corrected chi connectivity index (χ1v) is 14.2. The second kappa shape index (κ2) is 14.2. The summed E-state index contributed by atoms with van der Waals surface area (Å²) in [6.07, 6.45) is 5.25. The van der Waals surface area contributed by atoms with Crippen molar-refractivity contribution < 1.29 is 19.9 Å². The summed E-state index contributed by atoms with van der Waals surface area (Å²) in [5.74, 6) is 0.111. The molecule has 4 rings (SSSR count). The van der Waals surface area contributed by atoms with E-state index >= 15 is 0 Å². The molecule has 1 saturated carbocycles. The number of fused-ring (bicyclic) bond motifs is 1. The number of hydrogen-bond acceptors (Lipinski definition) is 9. The molecule has 1 atom stereocenters. The number of β-amino-alcohol motifs (C(OH)–C–C–N with tert-alkyl or cyclic N) is 1. The Morgan fingerprint density at radius 2 is 1.82 bits per heavy atom. The average Bonchev–Trinajstić information content (AvgIpc) is 2.95. The Bertz CT molecular complexity index is 1180. The number of oxime groups is 1. The number of benzene rings is 1. The van der Waals surface area contributed by atoms with Crippen LogP contribution in [-0.2, 0) is 17.8 Å². The van der Waals surface area contributed by atoms with Crippen LogP contribution in [0.15, 0.2) is 41.8 Å². The van der Waals surface area contributed by atoms with Gasteiger partial charge in [-0.25, -0.2) is 9.97 Å². The second-order valence-electron chi connectivity index (χ2n) is 11.2. The van der Waals surface area contributed by atoms with Crippen LogP contribution in [0.2, 0.25) is 0 Å². The van der Waals surface area contributed by atoms with Gasteiger partial charge in [-0.1, -0.05) is 43.3 Å². The standard InChI is InChI=1S/C29H41N7O4/c1-19(2)13-26(35-40)29(39)34-23-9-7-22(8-10-23)33-27-14-25(31-18-32-27)28(38)30-15-24(37)17-36-12-11-20-5-3-4-6-21(20)16-36/h3-6,14,18-19,22-24,37,40H,7-13,15-17H2,1-2H3,(H,30,38)(H,34,39)(H,31,32,33)/b35-26-/t22?,23?,24-/m0/s1. The molecule has 1 aromatic carbocycles. The number of carbonyl (C=O) groups excluding carboxylic acids is 2. The van der Waals surface area contributed by atoms with E-state index in [1.165, 1.54) is 17.5 Å².